The maximum absolute atomic E-state index is 12.3. The Hall–Kier alpha value is -3.24. The van der Waals surface area contributed by atoms with Crippen molar-refractivity contribution in [1.82, 2.24) is 19.8 Å². The first-order chi connectivity index (χ1) is 19.9. The number of hydrogen-bond acceptors (Lipinski definition) is 8. The topological polar surface area (TPSA) is 90.8 Å². The molecule has 0 saturated carbocycles. The molecule has 1 aliphatic heterocycles. The molecule has 2 aromatic heterocycles. The molecule has 10 heteroatoms. The maximum Gasteiger partial charge on any atom is 0.326 e. The molecule has 8 nitrogen and oxygen atoms in total. The minimum Gasteiger partial charge on any atom is -0.491 e. The number of piperazine rings is 1. The number of carboxylic acid groups (broad SMARTS) is 1. The summed E-state index contributed by atoms with van der Waals surface area (Å²) in [6, 6.07) is 12.7. The van der Waals surface area contributed by atoms with Gasteiger partial charge in [-0.15, -0.1) is 11.3 Å². The standard InChI is InChI=1S/C31H36ClN5O3S/c1-4-25-26(22-10-11-24(28(32)20(22)2)40-17-16-37-14-12-36(3)13-15-37)27-29(33-19-34-30(27)41-25)35-23(31(38)39)18-21-8-6-5-7-9-21/h5-11,19,23H,4,12-18H2,1-3H3,(H,38,39)(H,33,34,35)/t23-/m1/s1. The van der Waals surface area contributed by atoms with Crippen LogP contribution in [-0.4, -0.2) is 83.3 Å². The van der Waals surface area contributed by atoms with Crippen LogP contribution < -0.4 is 10.1 Å². The van der Waals surface area contributed by atoms with Crippen LogP contribution in [-0.2, 0) is 17.6 Å². The van der Waals surface area contributed by atoms with Gasteiger partial charge in [0.1, 0.15) is 35.4 Å². The third kappa shape index (κ3) is 6.64. The van der Waals surface area contributed by atoms with Crippen LogP contribution in [0.4, 0.5) is 5.82 Å². The molecule has 5 rings (SSSR count). The average molecular weight is 594 g/mol. The number of ether oxygens (including phenoxy) is 1. The molecule has 2 N–H and O–H groups in total. The molecular weight excluding hydrogens is 558 g/mol. The minimum absolute atomic E-state index is 0.326. The first kappa shape index (κ1) is 29.3. The number of aliphatic carboxylic acids is 1. The van der Waals surface area contributed by atoms with Crippen LogP contribution >= 0.6 is 22.9 Å². The molecular formula is C31H36ClN5O3S. The summed E-state index contributed by atoms with van der Waals surface area (Å²) in [7, 11) is 2.15. The Kier molecular flexibility index (Phi) is 9.39. The lowest BCUT2D eigenvalue weighted by Gasteiger charge is -2.32. The van der Waals surface area contributed by atoms with Gasteiger partial charge in [-0.25, -0.2) is 14.8 Å². The van der Waals surface area contributed by atoms with Gasteiger partial charge in [0.25, 0.3) is 0 Å². The molecule has 3 heterocycles. The van der Waals surface area contributed by atoms with Crippen molar-refractivity contribution in [2.75, 3.05) is 51.7 Å². The lowest BCUT2D eigenvalue weighted by atomic mass is 9.97. The second-order valence-electron chi connectivity index (χ2n) is 10.4. The number of aromatic nitrogens is 2. The molecule has 0 aliphatic carbocycles. The van der Waals surface area contributed by atoms with E-state index < -0.39 is 12.0 Å². The van der Waals surface area contributed by atoms with E-state index in [2.05, 4.69) is 39.1 Å². The van der Waals surface area contributed by atoms with Crippen molar-refractivity contribution in [3.63, 3.8) is 0 Å². The number of aryl methyl sites for hydroxylation is 1. The number of benzene rings is 2. The summed E-state index contributed by atoms with van der Waals surface area (Å²) in [6.45, 7) is 9.78. The normalized spacial score (nSPS) is 15.2. The van der Waals surface area contributed by atoms with Crippen LogP contribution in [0.15, 0.2) is 48.8 Å². The molecule has 1 aliphatic rings. The summed E-state index contributed by atoms with van der Waals surface area (Å²) in [6.07, 6.45) is 2.61. The van der Waals surface area contributed by atoms with Crippen LogP contribution in [0.25, 0.3) is 21.3 Å². The van der Waals surface area contributed by atoms with Gasteiger partial charge >= 0.3 is 5.97 Å². The van der Waals surface area contributed by atoms with E-state index in [0.29, 0.717) is 29.6 Å². The number of rotatable bonds is 11. The number of nitrogens with zero attached hydrogens (tertiary/aromatic N) is 4. The van der Waals surface area contributed by atoms with Crippen LogP contribution in [0, 0.1) is 6.92 Å². The van der Waals surface area contributed by atoms with E-state index in [4.69, 9.17) is 16.3 Å². The van der Waals surface area contributed by atoms with E-state index in [0.717, 1.165) is 76.5 Å². The quantitative estimate of drug-likeness (QED) is 0.232. The Morgan fingerprint density at radius 3 is 2.61 bits per heavy atom. The zero-order valence-electron chi connectivity index (χ0n) is 23.7. The van der Waals surface area contributed by atoms with Gasteiger partial charge in [0.15, 0.2) is 0 Å². The van der Waals surface area contributed by atoms with E-state index in [9.17, 15) is 9.90 Å². The van der Waals surface area contributed by atoms with Gasteiger partial charge in [-0.05, 0) is 43.1 Å². The molecule has 0 amide bonds. The molecule has 1 atom stereocenters. The van der Waals surface area contributed by atoms with E-state index in [1.54, 1.807) is 11.3 Å². The van der Waals surface area contributed by atoms with Gasteiger partial charge in [0, 0.05) is 49.6 Å². The number of carboxylic acids is 1. The van der Waals surface area contributed by atoms with Crippen molar-refractivity contribution < 1.29 is 14.6 Å². The van der Waals surface area contributed by atoms with Crippen molar-refractivity contribution in [2.24, 2.45) is 0 Å². The highest BCUT2D eigenvalue weighted by Crippen LogP contribution is 2.45. The number of fused-ring (bicyclic) bond motifs is 1. The molecule has 216 valence electrons. The Morgan fingerprint density at radius 2 is 1.90 bits per heavy atom. The summed E-state index contributed by atoms with van der Waals surface area (Å²) in [5, 5.41) is 14.7. The predicted molar refractivity (Wildman–Crippen MR) is 167 cm³/mol. The number of anilines is 1. The molecule has 0 unspecified atom stereocenters. The molecule has 2 aromatic carbocycles. The fourth-order valence-corrected chi connectivity index (χ4v) is 6.55. The monoisotopic (exact) mass is 593 g/mol. The zero-order valence-corrected chi connectivity index (χ0v) is 25.3. The van der Waals surface area contributed by atoms with Crippen LogP contribution in [0.2, 0.25) is 5.02 Å². The Bertz CT molecular complexity index is 1500. The number of thiophene rings is 1. The summed E-state index contributed by atoms with van der Waals surface area (Å²) in [5.74, 6) is 0.237. The van der Waals surface area contributed by atoms with Crippen LogP contribution in [0.1, 0.15) is 22.9 Å². The molecule has 0 spiro atoms. The molecule has 1 fully saturated rings. The van der Waals surface area contributed by atoms with Crippen LogP contribution in [0.5, 0.6) is 5.75 Å². The Labute approximate surface area is 249 Å². The van der Waals surface area contributed by atoms with E-state index >= 15 is 0 Å². The first-order valence-electron chi connectivity index (χ1n) is 14.0. The third-order valence-corrected chi connectivity index (χ3v) is 9.37. The number of nitrogens with one attached hydrogen (secondary N) is 1. The molecule has 4 aromatic rings. The average Bonchev–Trinajstić information content (AvgIpc) is 3.36. The van der Waals surface area contributed by atoms with Crippen molar-refractivity contribution >= 4 is 44.9 Å². The SMILES string of the molecule is CCc1sc2ncnc(N[C@H](Cc3ccccc3)C(=O)O)c2c1-c1ccc(OCCN2CCN(C)CC2)c(Cl)c1C. The van der Waals surface area contributed by atoms with Gasteiger partial charge in [-0.1, -0.05) is 54.9 Å². The Morgan fingerprint density at radius 1 is 1.15 bits per heavy atom. The van der Waals surface area contributed by atoms with E-state index in [-0.39, 0.29) is 0 Å². The fourth-order valence-electron chi connectivity index (χ4n) is 5.24. The zero-order chi connectivity index (χ0) is 28.9. The van der Waals surface area contributed by atoms with E-state index in [1.165, 1.54) is 6.33 Å². The number of hydrogen-bond donors (Lipinski definition) is 2. The minimum atomic E-state index is -0.939. The highest BCUT2D eigenvalue weighted by molar-refractivity contribution is 7.19. The lowest BCUT2D eigenvalue weighted by Crippen LogP contribution is -2.45. The largest absolute Gasteiger partial charge is 0.491 e. The van der Waals surface area contributed by atoms with Gasteiger partial charge in [-0.3, -0.25) is 4.90 Å². The number of carbonyl (C=O) groups is 1. The second kappa shape index (κ2) is 13.2. The van der Waals surface area contributed by atoms with E-state index in [1.807, 2.05) is 49.4 Å². The van der Waals surface area contributed by atoms with Crippen molar-refractivity contribution in [1.29, 1.82) is 0 Å². The molecule has 41 heavy (non-hydrogen) atoms. The Balaban J connectivity index is 1.44. The fraction of sp³-hybridized carbons (Fsp3) is 0.387. The number of likely N-dealkylation sites (N-methyl/N-ethyl adjacent to an activating group) is 1. The van der Waals surface area contributed by atoms with Crippen molar-refractivity contribution in [3.05, 3.63) is 69.8 Å². The maximum atomic E-state index is 12.3. The van der Waals surface area contributed by atoms with Crippen molar-refractivity contribution in [3.8, 4) is 16.9 Å². The molecule has 0 radical (unpaired) electrons. The summed E-state index contributed by atoms with van der Waals surface area (Å²) >= 11 is 8.49. The molecule has 0 bridgehead atoms. The van der Waals surface area contributed by atoms with Gasteiger partial charge in [0.05, 0.1) is 10.4 Å². The van der Waals surface area contributed by atoms with Gasteiger partial charge < -0.3 is 20.1 Å². The highest BCUT2D eigenvalue weighted by atomic mass is 35.5. The first-order valence-corrected chi connectivity index (χ1v) is 15.2. The smallest absolute Gasteiger partial charge is 0.326 e. The third-order valence-electron chi connectivity index (χ3n) is 7.66. The van der Waals surface area contributed by atoms with Crippen molar-refractivity contribution in [2.45, 2.75) is 32.7 Å². The number of halogens is 1. The molecule has 1 saturated heterocycles. The highest BCUT2D eigenvalue weighted by Gasteiger charge is 2.25. The van der Waals surface area contributed by atoms with Gasteiger partial charge in [0.2, 0.25) is 0 Å². The lowest BCUT2D eigenvalue weighted by molar-refractivity contribution is -0.137. The summed E-state index contributed by atoms with van der Waals surface area (Å²) < 4.78 is 6.14. The summed E-state index contributed by atoms with van der Waals surface area (Å²) in [4.78, 5) is 28.0. The van der Waals surface area contributed by atoms with Crippen LogP contribution in [0.3, 0.4) is 0 Å². The summed E-state index contributed by atoms with van der Waals surface area (Å²) in [5.41, 5.74) is 3.80. The second-order valence-corrected chi connectivity index (χ2v) is 11.9. The predicted octanol–water partition coefficient (Wildman–Crippen LogP) is 5.62. The van der Waals surface area contributed by atoms with Gasteiger partial charge in [-0.2, -0.15) is 0 Å².